The summed E-state index contributed by atoms with van der Waals surface area (Å²) in [5, 5.41) is 1.91. The van der Waals surface area contributed by atoms with E-state index >= 15 is 0 Å². The molecule has 0 N–H and O–H groups in total. The van der Waals surface area contributed by atoms with Gasteiger partial charge < -0.3 is 0 Å². The second kappa shape index (κ2) is 11.0. The summed E-state index contributed by atoms with van der Waals surface area (Å²) in [5.41, 5.74) is 4.35. The SMILES string of the molecule is O=S(=O)(C=C1CN(C(c2ccc(Cl)cc2)c2ccc(CN3CCCC3)cc2)C1)Cc1cc(F)cc(F)c1. The molecule has 0 amide bonds. The molecular weight excluding hydrogens is 514 g/mol. The van der Waals surface area contributed by atoms with Crippen LogP contribution in [0, 0.1) is 11.6 Å². The highest BCUT2D eigenvalue weighted by atomic mass is 35.5. The molecule has 0 radical (unpaired) electrons. The molecule has 2 heterocycles. The van der Waals surface area contributed by atoms with Crippen LogP contribution >= 0.6 is 11.6 Å². The van der Waals surface area contributed by atoms with Crippen LogP contribution in [-0.4, -0.2) is 44.4 Å². The van der Waals surface area contributed by atoms with Gasteiger partial charge in [0.1, 0.15) is 11.6 Å². The molecule has 0 bridgehead atoms. The van der Waals surface area contributed by atoms with E-state index in [4.69, 9.17) is 11.6 Å². The molecule has 0 aliphatic carbocycles. The minimum absolute atomic E-state index is 0.0460. The van der Waals surface area contributed by atoms with Gasteiger partial charge in [0.2, 0.25) is 0 Å². The molecule has 3 aromatic rings. The highest BCUT2D eigenvalue weighted by molar-refractivity contribution is 7.93. The van der Waals surface area contributed by atoms with E-state index in [2.05, 4.69) is 34.1 Å². The van der Waals surface area contributed by atoms with Crippen LogP contribution in [0.5, 0.6) is 0 Å². The summed E-state index contributed by atoms with van der Waals surface area (Å²) in [6, 6.07) is 19.2. The Bertz CT molecular complexity index is 1360. The molecule has 2 aliphatic heterocycles. The third-order valence-corrected chi connectivity index (χ3v) is 8.58. The minimum Gasteiger partial charge on any atom is -0.299 e. The zero-order chi connectivity index (χ0) is 26.0. The Morgan fingerprint density at radius 1 is 0.838 bits per heavy atom. The van der Waals surface area contributed by atoms with Gasteiger partial charge in [-0.15, -0.1) is 0 Å². The quantitative estimate of drug-likeness (QED) is 0.344. The summed E-state index contributed by atoms with van der Waals surface area (Å²) in [7, 11) is -3.67. The molecular formula is C29H29ClF2N2O2S. The number of rotatable bonds is 8. The lowest BCUT2D eigenvalue weighted by Crippen LogP contribution is -2.43. The van der Waals surface area contributed by atoms with Gasteiger partial charge >= 0.3 is 0 Å². The topological polar surface area (TPSA) is 40.6 Å². The lowest BCUT2D eigenvalue weighted by molar-refractivity contribution is 0.202. The Morgan fingerprint density at radius 2 is 1.41 bits per heavy atom. The first kappa shape index (κ1) is 26.0. The van der Waals surface area contributed by atoms with E-state index in [9.17, 15) is 17.2 Å². The number of halogens is 3. The lowest BCUT2D eigenvalue weighted by atomic mass is 9.92. The van der Waals surface area contributed by atoms with Crippen molar-refractivity contribution in [1.82, 2.24) is 9.80 Å². The third kappa shape index (κ3) is 6.65. The molecule has 37 heavy (non-hydrogen) atoms. The normalized spacial score (nSPS) is 17.5. The standard InChI is InChI=1S/C29H29ClF2N2O2S/c30-26-9-7-25(8-10-26)29(24-5-3-21(4-6-24)16-33-11-1-2-12-33)34-17-23(18-34)20-37(35,36)19-22-13-27(31)15-28(32)14-22/h3-10,13-15,20,29H,1-2,11-12,16-19H2. The van der Waals surface area contributed by atoms with Crippen molar-refractivity contribution < 1.29 is 17.2 Å². The van der Waals surface area contributed by atoms with Crippen molar-refractivity contribution in [1.29, 1.82) is 0 Å². The van der Waals surface area contributed by atoms with Crippen LogP contribution in [0.4, 0.5) is 8.78 Å². The van der Waals surface area contributed by atoms with Gasteiger partial charge in [-0.3, -0.25) is 9.80 Å². The zero-order valence-electron chi connectivity index (χ0n) is 20.4. The van der Waals surface area contributed by atoms with Crippen molar-refractivity contribution >= 4 is 21.4 Å². The first-order valence-electron chi connectivity index (χ1n) is 12.4. The fourth-order valence-corrected chi connectivity index (χ4v) is 6.72. The van der Waals surface area contributed by atoms with E-state index < -0.39 is 27.2 Å². The van der Waals surface area contributed by atoms with Crippen LogP contribution in [0.1, 0.15) is 41.1 Å². The summed E-state index contributed by atoms with van der Waals surface area (Å²) in [6.45, 7) is 4.22. The van der Waals surface area contributed by atoms with Gasteiger partial charge in [0.15, 0.2) is 9.84 Å². The maximum atomic E-state index is 13.5. The molecule has 1 unspecified atom stereocenters. The molecule has 3 aromatic carbocycles. The van der Waals surface area contributed by atoms with E-state index in [0.29, 0.717) is 18.1 Å². The van der Waals surface area contributed by atoms with E-state index in [1.54, 1.807) is 0 Å². The maximum absolute atomic E-state index is 13.5. The molecule has 194 valence electrons. The van der Waals surface area contributed by atoms with Crippen LogP contribution in [-0.2, 0) is 22.1 Å². The second-order valence-electron chi connectivity index (χ2n) is 9.94. The number of hydrogen-bond acceptors (Lipinski definition) is 4. The highest BCUT2D eigenvalue weighted by Crippen LogP contribution is 2.35. The third-order valence-electron chi connectivity index (χ3n) is 6.90. The van der Waals surface area contributed by atoms with E-state index in [1.165, 1.54) is 23.8 Å². The van der Waals surface area contributed by atoms with Crippen molar-refractivity contribution in [2.75, 3.05) is 26.2 Å². The number of nitrogens with zero attached hydrogens (tertiary/aromatic N) is 2. The Hall–Kier alpha value is -2.58. The van der Waals surface area contributed by atoms with Crippen molar-refractivity contribution in [2.45, 2.75) is 31.2 Å². The van der Waals surface area contributed by atoms with Crippen LogP contribution in [0.2, 0.25) is 5.02 Å². The Kier molecular flexibility index (Phi) is 7.77. The molecule has 0 spiro atoms. The molecule has 2 aliphatic rings. The maximum Gasteiger partial charge on any atom is 0.175 e. The van der Waals surface area contributed by atoms with E-state index in [1.807, 2.05) is 24.3 Å². The summed E-state index contributed by atoms with van der Waals surface area (Å²) in [4.78, 5) is 4.68. The molecule has 4 nitrogen and oxygen atoms in total. The molecule has 5 rings (SSSR count). The summed E-state index contributed by atoms with van der Waals surface area (Å²) in [6.07, 6.45) is 2.52. The fraction of sp³-hybridized carbons (Fsp3) is 0.310. The summed E-state index contributed by atoms with van der Waals surface area (Å²) < 4.78 is 52.4. The van der Waals surface area contributed by atoms with Gasteiger partial charge in [-0.2, -0.15) is 0 Å². The number of sulfone groups is 1. The van der Waals surface area contributed by atoms with E-state index in [-0.39, 0.29) is 11.6 Å². The van der Waals surface area contributed by atoms with E-state index in [0.717, 1.165) is 54.5 Å². The first-order chi connectivity index (χ1) is 17.7. The molecule has 0 saturated carbocycles. The smallest absolute Gasteiger partial charge is 0.175 e. The lowest BCUT2D eigenvalue weighted by Gasteiger charge is -2.41. The fourth-order valence-electron chi connectivity index (χ4n) is 5.22. The predicted molar refractivity (Wildman–Crippen MR) is 143 cm³/mol. The van der Waals surface area contributed by atoms with Crippen LogP contribution in [0.3, 0.4) is 0 Å². The molecule has 2 saturated heterocycles. The Balaban J connectivity index is 1.32. The van der Waals surface area contributed by atoms with Gasteiger partial charge in [-0.25, -0.2) is 17.2 Å². The number of likely N-dealkylation sites (tertiary alicyclic amines) is 2. The molecule has 1 atom stereocenters. The van der Waals surface area contributed by atoms with Crippen LogP contribution in [0.15, 0.2) is 77.7 Å². The van der Waals surface area contributed by atoms with Gasteiger partial charge in [0.25, 0.3) is 0 Å². The molecule has 0 aromatic heterocycles. The number of benzene rings is 3. The Morgan fingerprint density at radius 3 is 2.00 bits per heavy atom. The van der Waals surface area contributed by atoms with Crippen LogP contribution < -0.4 is 0 Å². The van der Waals surface area contributed by atoms with Crippen molar-refractivity contribution in [2.24, 2.45) is 0 Å². The molecule has 8 heteroatoms. The Labute approximate surface area is 222 Å². The monoisotopic (exact) mass is 542 g/mol. The highest BCUT2D eigenvalue weighted by Gasteiger charge is 2.31. The van der Waals surface area contributed by atoms with Crippen molar-refractivity contribution in [3.8, 4) is 0 Å². The number of hydrogen-bond donors (Lipinski definition) is 0. The second-order valence-corrected chi connectivity index (χ2v) is 12.2. The first-order valence-corrected chi connectivity index (χ1v) is 14.5. The zero-order valence-corrected chi connectivity index (χ0v) is 22.0. The molecule has 2 fully saturated rings. The summed E-state index contributed by atoms with van der Waals surface area (Å²) in [5.74, 6) is -2.01. The largest absolute Gasteiger partial charge is 0.299 e. The van der Waals surface area contributed by atoms with Crippen LogP contribution in [0.25, 0.3) is 0 Å². The average Bonchev–Trinajstić information content (AvgIpc) is 3.32. The van der Waals surface area contributed by atoms with Gasteiger partial charge in [-0.05, 0) is 78.0 Å². The van der Waals surface area contributed by atoms with Crippen molar-refractivity contribution in [3.05, 3.63) is 117 Å². The minimum atomic E-state index is -3.67. The average molecular weight is 543 g/mol. The summed E-state index contributed by atoms with van der Waals surface area (Å²) >= 11 is 6.13. The van der Waals surface area contributed by atoms with Gasteiger partial charge in [0.05, 0.1) is 11.8 Å². The van der Waals surface area contributed by atoms with Gasteiger partial charge in [0, 0.05) is 36.1 Å². The predicted octanol–water partition coefficient (Wildman–Crippen LogP) is 6.12. The van der Waals surface area contributed by atoms with Gasteiger partial charge in [-0.1, -0.05) is 48.0 Å². The van der Waals surface area contributed by atoms with Crippen molar-refractivity contribution in [3.63, 3.8) is 0 Å².